The van der Waals surface area contributed by atoms with Crippen molar-refractivity contribution in [3.63, 3.8) is 0 Å². The normalized spacial score (nSPS) is 9.80. The fourth-order valence-electron chi connectivity index (χ4n) is 2.31. The highest BCUT2D eigenvalue weighted by molar-refractivity contribution is 5.98. The lowest BCUT2D eigenvalue weighted by molar-refractivity contribution is -0.116. The van der Waals surface area contributed by atoms with Crippen molar-refractivity contribution in [2.75, 3.05) is 19.5 Å². The van der Waals surface area contributed by atoms with Crippen LogP contribution in [0.2, 0.25) is 0 Å². The Morgan fingerprint density at radius 2 is 1.88 bits per heavy atom. The highest BCUT2D eigenvalue weighted by atomic mass is 16.5. The largest absolute Gasteiger partial charge is 0.495 e. The smallest absolute Gasteiger partial charge is 0.251 e. The number of nitrogens with one attached hydrogen (secondary N) is 2. The second kappa shape index (κ2) is 8.50. The molecule has 6 heteroatoms. The van der Waals surface area contributed by atoms with Crippen LogP contribution in [0, 0.1) is 11.3 Å². The lowest BCUT2D eigenvalue weighted by Gasteiger charge is -2.12. The number of rotatable bonds is 6. The predicted octanol–water partition coefficient (Wildman–Crippen LogP) is 2.50. The average Bonchev–Trinajstić information content (AvgIpc) is 2.66. The van der Waals surface area contributed by atoms with E-state index in [0.717, 1.165) is 5.56 Å². The van der Waals surface area contributed by atoms with Gasteiger partial charge in [-0.25, -0.2) is 0 Å². The molecule has 0 aliphatic heterocycles. The molecule has 0 aliphatic rings. The highest BCUT2D eigenvalue weighted by Gasteiger charge is 2.12. The zero-order chi connectivity index (χ0) is 18.2. The van der Waals surface area contributed by atoms with Crippen molar-refractivity contribution in [2.24, 2.45) is 0 Å². The van der Waals surface area contributed by atoms with E-state index < -0.39 is 0 Å². The Morgan fingerprint density at radius 3 is 2.48 bits per heavy atom. The van der Waals surface area contributed by atoms with E-state index in [-0.39, 0.29) is 18.2 Å². The van der Waals surface area contributed by atoms with Gasteiger partial charge in [0.25, 0.3) is 5.91 Å². The molecule has 0 saturated carbocycles. The molecule has 0 saturated heterocycles. The summed E-state index contributed by atoms with van der Waals surface area (Å²) in [6.45, 7) is 0. The van der Waals surface area contributed by atoms with E-state index in [4.69, 9.17) is 10.00 Å². The quantitative estimate of drug-likeness (QED) is 0.847. The SMILES string of the molecule is CNC(=O)c1ccc(OC)c(NC(=O)CCc2ccc(C#N)cc2)c1. The minimum Gasteiger partial charge on any atom is -0.495 e. The number of hydrogen-bond acceptors (Lipinski definition) is 4. The highest BCUT2D eigenvalue weighted by Crippen LogP contribution is 2.25. The van der Waals surface area contributed by atoms with Gasteiger partial charge in [0.05, 0.1) is 24.4 Å². The van der Waals surface area contributed by atoms with E-state index >= 15 is 0 Å². The maximum absolute atomic E-state index is 12.2. The molecule has 128 valence electrons. The van der Waals surface area contributed by atoms with Crippen LogP contribution in [-0.2, 0) is 11.2 Å². The molecule has 0 aliphatic carbocycles. The second-order valence-electron chi connectivity index (χ2n) is 5.35. The molecule has 2 N–H and O–H groups in total. The van der Waals surface area contributed by atoms with Crippen molar-refractivity contribution < 1.29 is 14.3 Å². The van der Waals surface area contributed by atoms with Crippen molar-refractivity contribution >= 4 is 17.5 Å². The summed E-state index contributed by atoms with van der Waals surface area (Å²) in [5, 5.41) is 14.1. The van der Waals surface area contributed by atoms with Gasteiger partial charge in [-0.2, -0.15) is 5.26 Å². The van der Waals surface area contributed by atoms with Crippen molar-refractivity contribution in [3.05, 3.63) is 59.2 Å². The van der Waals surface area contributed by atoms with Crippen molar-refractivity contribution in [3.8, 4) is 11.8 Å². The lowest BCUT2D eigenvalue weighted by atomic mass is 10.1. The molecule has 0 heterocycles. The molecule has 0 aromatic heterocycles. The molecule has 0 unspecified atom stereocenters. The van der Waals surface area contributed by atoms with Gasteiger partial charge < -0.3 is 15.4 Å². The summed E-state index contributed by atoms with van der Waals surface area (Å²) in [4.78, 5) is 23.9. The van der Waals surface area contributed by atoms with Gasteiger partial charge in [-0.3, -0.25) is 9.59 Å². The number of amides is 2. The Balaban J connectivity index is 2.03. The monoisotopic (exact) mass is 337 g/mol. The van der Waals surface area contributed by atoms with Crippen LogP contribution in [0.1, 0.15) is 27.9 Å². The van der Waals surface area contributed by atoms with Crippen LogP contribution in [-0.4, -0.2) is 26.0 Å². The summed E-state index contributed by atoms with van der Waals surface area (Å²) in [5.41, 5.74) is 2.45. The molecular formula is C19H19N3O3. The third-order valence-corrected chi connectivity index (χ3v) is 3.69. The summed E-state index contributed by atoms with van der Waals surface area (Å²) in [6, 6.07) is 14.0. The number of benzene rings is 2. The Hall–Kier alpha value is -3.33. The van der Waals surface area contributed by atoms with Crippen molar-refractivity contribution in [1.29, 1.82) is 5.26 Å². The van der Waals surface area contributed by atoms with Gasteiger partial charge >= 0.3 is 0 Å². The Bertz CT molecular complexity index is 808. The first-order chi connectivity index (χ1) is 12.1. The molecule has 2 aromatic rings. The van der Waals surface area contributed by atoms with Gasteiger partial charge in [-0.1, -0.05) is 12.1 Å². The maximum atomic E-state index is 12.2. The summed E-state index contributed by atoms with van der Waals surface area (Å²) in [5.74, 6) is 0.0619. The molecule has 6 nitrogen and oxygen atoms in total. The zero-order valence-corrected chi connectivity index (χ0v) is 14.1. The standard InChI is InChI=1S/C19H19N3O3/c1-21-19(24)15-8-9-17(25-2)16(11-15)22-18(23)10-7-13-3-5-14(12-20)6-4-13/h3-6,8-9,11H,7,10H2,1-2H3,(H,21,24)(H,22,23). The van der Waals surface area contributed by atoms with E-state index in [2.05, 4.69) is 16.7 Å². The Morgan fingerprint density at radius 1 is 1.16 bits per heavy atom. The zero-order valence-electron chi connectivity index (χ0n) is 14.1. The van der Waals surface area contributed by atoms with E-state index in [0.29, 0.717) is 29.0 Å². The molecular weight excluding hydrogens is 318 g/mol. The molecule has 0 atom stereocenters. The van der Waals surface area contributed by atoms with E-state index in [1.165, 1.54) is 7.11 Å². The Kier molecular flexibility index (Phi) is 6.13. The van der Waals surface area contributed by atoms with E-state index in [9.17, 15) is 9.59 Å². The number of carbonyl (C=O) groups excluding carboxylic acids is 2. The lowest BCUT2D eigenvalue weighted by Crippen LogP contribution is -2.19. The number of aryl methyl sites for hydroxylation is 1. The van der Waals surface area contributed by atoms with Gasteiger partial charge in [0, 0.05) is 19.0 Å². The molecule has 2 amide bonds. The number of nitrogens with zero attached hydrogens (tertiary/aromatic N) is 1. The number of methoxy groups -OCH3 is 1. The van der Waals surface area contributed by atoms with Crippen LogP contribution < -0.4 is 15.4 Å². The van der Waals surface area contributed by atoms with Crippen LogP contribution in [0.15, 0.2) is 42.5 Å². The van der Waals surface area contributed by atoms with Crippen molar-refractivity contribution in [2.45, 2.75) is 12.8 Å². The van der Waals surface area contributed by atoms with Gasteiger partial charge in [0.15, 0.2) is 0 Å². The first kappa shape index (κ1) is 18.0. The third kappa shape index (κ3) is 4.82. The van der Waals surface area contributed by atoms with E-state index in [1.54, 1.807) is 37.4 Å². The van der Waals surface area contributed by atoms with Crippen LogP contribution >= 0.6 is 0 Å². The predicted molar refractivity (Wildman–Crippen MR) is 94.5 cm³/mol. The van der Waals surface area contributed by atoms with Gasteiger partial charge in [-0.05, 0) is 42.3 Å². The third-order valence-electron chi connectivity index (χ3n) is 3.69. The fourth-order valence-corrected chi connectivity index (χ4v) is 2.31. The van der Waals surface area contributed by atoms with Crippen LogP contribution in [0.4, 0.5) is 5.69 Å². The summed E-state index contributed by atoms with van der Waals surface area (Å²) in [7, 11) is 3.05. The number of hydrogen-bond donors (Lipinski definition) is 2. The number of carbonyl (C=O) groups is 2. The number of ether oxygens (including phenoxy) is 1. The summed E-state index contributed by atoms with van der Waals surface area (Å²) >= 11 is 0. The van der Waals surface area contributed by atoms with E-state index in [1.807, 2.05) is 12.1 Å². The summed E-state index contributed by atoms with van der Waals surface area (Å²) < 4.78 is 5.23. The van der Waals surface area contributed by atoms with Gasteiger partial charge in [0.1, 0.15) is 5.75 Å². The minimum atomic E-state index is -0.240. The average molecular weight is 337 g/mol. The first-order valence-electron chi connectivity index (χ1n) is 7.76. The second-order valence-corrected chi connectivity index (χ2v) is 5.35. The number of anilines is 1. The molecule has 2 rings (SSSR count). The van der Waals surface area contributed by atoms with Crippen LogP contribution in [0.5, 0.6) is 5.75 Å². The molecule has 2 aromatic carbocycles. The number of nitriles is 1. The molecule has 0 fully saturated rings. The molecule has 0 radical (unpaired) electrons. The van der Waals surface area contributed by atoms with Crippen LogP contribution in [0.3, 0.4) is 0 Å². The summed E-state index contributed by atoms with van der Waals surface area (Å²) in [6.07, 6.45) is 0.828. The topological polar surface area (TPSA) is 91.2 Å². The van der Waals surface area contributed by atoms with Gasteiger partial charge in [0.2, 0.25) is 5.91 Å². The van der Waals surface area contributed by atoms with Gasteiger partial charge in [-0.15, -0.1) is 0 Å². The maximum Gasteiger partial charge on any atom is 0.251 e. The fraction of sp³-hybridized carbons (Fsp3) is 0.211. The molecule has 0 spiro atoms. The van der Waals surface area contributed by atoms with Crippen LogP contribution in [0.25, 0.3) is 0 Å². The van der Waals surface area contributed by atoms with Crippen molar-refractivity contribution in [1.82, 2.24) is 5.32 Å². The first-order valence-corrected chi connectivity index (χ1v) is 7.76. The Labute approximate surface area is 146 Å². The molecule has 25 heavy (non-hydrogen) atoms. The molecule has 0 bridgehead atoms. The minimum absolute atomic E-state index is 0.184.